The molecule has 0 heterocycles. The van der Waals surface area contributed by atoms with E-state index in [0.29, 0.717) is 0 Å². The number of halogens is 1. The first-order chi connectivity index (χ1) is 10.2. The zero-order valence-corrected chi connectivity index (χ0v) is 17.9. The second kappa shape index (κ2) is 16.3. The predicted molar refractivity (Wildman–Crippen MR) is 97.8 cm³/mol. The first kappa shape index (κ1) is 24.7. The van der Waals surface area contributed by atoms with Gasteiger partial charge in [-0.05, 0) is 40.0 Å². The summed E-state index contributed by atoms with van der Waals surface area (Å²) in [6.07, 6.45) is 15.8. The molecule has 0 aliphatic heterocycles. The Hall–Kier alpha value is 0.440. The van der Waals surface area contributed by atoms with Gasteiger partial charge in [0, 0.05) is 0 Å². The highest BCUT2D eigenvalue weighted by Crippen LogP contribution is 2.22. The Morgan fingerprint density at radius 1 is 0.682 bits per heavy atom. The minimum atomic E-state index is 0. The van der Waals surface area contributed by atoms with Crippen molar-refractivity contribution < 1.29 is 21.5 Å². The minimum absolute atomic E-state index is 0. The van der Waals surface area contributed by atoms with Crippen LogP contribution in [0.1, 0.15) is 105 Å². The van der Waals surface area contributed by atoms with Crippen molar-refractivity contribution in [2.24, 2.45) is 0 Å². The lowest BCUT2D eigenvalue weighted by Crippen LogP contribution is -3.00. The molecule has 0 amide bonds. The van der Waals surface area contributed by atoms with Gasteiger partial charge >= 0.3 is 0 Å². The lowest BCUT2D eigenvalue weighted by atomic mass is 10.0. The van der Waals surface area contributed by atoms with E-state index in [9.17, 15) is 0 Å². The molecule has 0 aromatic carbocycles. The summed E-state index contributed by atoms with van der Waals surface area (Å²) >= 11 is 0. The van der Waals surface area contributed by atoms with E-state index in [0.717, 1.165) is 6.04 Å². The largest absolute Gasteiger partial charge is 1.00 e. The van der Waals surface area contributed by atoms with Crippen molar-refractivity contribution in [1.29, 1.82) is 0 Å². The molecule has 0 radical (unpaired) electrons. The van der Waals surface area contributed by atoms with Crippen LogP contribution in [0.3, 0.4) is 0 Å². The summed E-state index contributed by atoms with van der Waals surface area (Å²) in [5, 5.41) is 0. The van der Waals surface area contributed by atoms with Crippen LogP contribution in [0.15, 0.2) is 0 Å². The van der Waals surface area contributed by atoms with Crippen LogP contribution >= 0.6 is 0 Å². The number of nitrogens with zero attached hydrogens (tertiary/aromatic N) is 1. The summed E-state index contributed by atoms with van der Waals surface area (Å²) < 4.78 is 1.34. The molecule has 0 fully saturated rings. The van der Waals surface area contributed by atoms with E-state index >= 15 is 0 Å². The molecule has 0 aromatic heterocycles. The topological polar surface area (TPSA) is 0 Å². The van der Waals surface area contributed by atoms with Gasteiger partial charge in [0.25, 0.3) is 0 Å². The van der Waals surface area contributed by atoms with E-state index in [2.05, 4.69) is 34.6 Å². The Bertz CT molecular complexity index is 205. The van der Waals surface area contributed by atoms with E-state index in [1.807, 2.05) is 0 Å². The van der Waals surface area contributed by atoms with Gasteiger partial charge < -0.3 is 21.5 Å². The van der Waals surface area contributed by atoms with Crippen molar-refractivity contribution in [3.8, 4) is 0 Å². The fraction of sp³-hybridized carbons (Fsp3) is 1.00. The lowest BCUT2D eigenvalue weighted by molar-refractivity contribution is -0.947. The van der Waals surface area contributed by atoms with Gasteiger partial charge in [-0.2, -0.15) is 0 Å². The average molecular weight is 380 g/mol. The molecule has 0 aliphatic carbocycles. The van der Waals surface area contributed by atoms with Gasteiger partial charge in [-0.15, -0.1) is 0 Å². The second-order valence-corrected chi connectivity index (χ2v) is 6.85. The van der Waals surface area contributed by atoms with Gasteiger partial charge in [0.15, 0.2) is 0 Å². The van der Waals surface area contributed by atoms with Crippen molar-refractivity contribution in [3.63, 3.8) is 0 Å². The molecule has 0 saturated heterocycles. The molecule has 1 atom stereocenters. The number of rotatable bonds is 15. The predicted octanol–water partition coefficient (Wildman–Crippen LogP) is 3.57. The molecule has 1 nitrogen and oxygen atoms in total. The van der Waals surface area contributed by atoms with Crippen LogP contribution in [0, 0.1) is 0 Å². The van der Waals surface area contributed by atoms with E-state index < -0.39 is 0 Å². The maximum atomic E-state index is 2.40. The second-order valence-electron chi connectivity index (χ2n) is 6.85. The number of quaternary nitrogens is 1. The smallest absolute Gasteiger partial charge is 0.0887 e. The Labute approximate surface area is 152 Å². The van der Waals surface area contributed by atoms with Gasteiger partial charge in [0.2, 0.25) is 0 Å². The fourth-order valence-corrected chi connectivity index (χ4v) is 4.00. The fourth-order valence-electron chi connectivity index (χ4n) is 4.00. The zero-order chi connectivity index (χ0) is 16.0. The van der Waals surface area contributed by atoms with Crippen LogP contribution in [0.5, 0.6) is 0 Å². The molecular formula is C20H44BrN. The standard InChI is InChI=1S/C20H44N.BrH/c1-6-11-12-13-14-15-16-17-18-19-20(7-2)21(8-3,9-4)10-5;/h20H,6-19H2,1-5H3;1H/q+1;/p-1/i7+2;. The SMILES string of the molecule is CCCCCCCCCCCC([14CH2]C)[N+](CC)(CC)CC.[Br-]. The molecule has 0 rings (SSSR count). The van der Waals surface area contributed by atoms with Gasteiger partial charge in [0.1, 0.15) is 0 Å². The summed E-state index contributed by atoms with van der Waals surface area (Å²) in [5.74, 6) is 0. The number of hydrogen-bond acceptors (Lipinski definition) is 0. The monoisotopic (exact) mass is 379 g/mol. The van der Waals surface area contributed by atoms with Crippen molar-refractivity contribution >= 4 is 0 Å². The first-order valence-electron chi connectivity index (χ1n) is 10.1. The van der Waals surface area contributed by atoms with E-state index in [1.54, 1.807) is 0 Å². The van der Waals surface area contributed by atoms with Crippen LogP contribution in [0.2, 0.25) is 0 Å². The van der Waals surface area contributed by atoms with Gasteiger partial charge in [-0.25, -0.2) is 0 Å². The quantitative estimate of drug-likeness (QED) is 0.301. The molecule has 22 heavy (non-hydrogen) atoms. The normalized spacial score (nSPS) is 13.0. The Morgan fingerprint density at radius 3 is 1.45 bits per heavy atom. The molecule has 136 valence electrons. The molecule has 0 bridgehead atoms. The van der Waals surface area contributed by atoms with Crippen molar-refractivity contribution in [2.75, 3.05) is 19.6 Å². The molecule has 0 saturated carbocycles. The van der Waals surface area contributed by atoms with E-state index in [4.69, 9.17) is 0 Å². The maximum absolute atomic E-state index is 2.40. The zero-order valence-electron chi connectivity index (χ0n) is 16.3. The number of unbranched alkanes of at least 4 members (excludes halogenated alkanes) is 8. The molecule has 1 unspecified atom stereocenters. The Morgan fingerprint density at radius 2 is 1.09 bits per heavy atom. The summed E-state index contributed by atoms with van der Waals surface area (Å²) in [6.45, 7) is 15.8. The molecule has 0 N–H and O–H groups in total. The van der Waals surface area contributed by atoms with Crippen LogP contribution in [0.25, 0.3) is 0 Å². The van der Waals surface area contributed by atoms with E-state index in [-0.39, 0.29) is 17.0 Å². The van der Waals surface area contributed by atoms with Crippen molar-refractivity contribution in [3.05, 3.63) is 0 Å². The third-order valence-corrected chi connectivity index (χ3v) is 5.78. The molecular weight excluding hydrogens is 336 g/mol. The Kier molecular flexibility index (Phi) is 18.3. The number of hydrogen-bond donors (Lipinski definition) is 0. The minimum Gasteiger partial charge on any atom is -1.00 e. The van der Waals surface area contributed by atoms with Gasteiger partial charge in [-0.3, -0.25) is 0 Å². The third-order valence-electron chi connectivity index (χ3n) is 5.78. The Balaban J connectivity index is 0. The third kappa shape index (κ3) is 9.55. The molecule has 0 aliphatic rings. The summed E-state index contributed by atoms with van der Waals surface area (Å²) in [6, 6.07) is 0.898. The van der Waals surface area contributed by atoms with Crippen LogP contribution in [0.4, 0.5) is 0 Å². The average Bonchev–Trinajstić information content (AvgIpc) is 2.53. The summed E-state index contributed by atoms with van der Waals surface area (Å²) in [7, 11) is 0. The summed E-state index contributed by atoms with van der Waals surface area (Å²) in [5.41, 5.74) is 0. The lowest BCUT2D eigenvalue weighted by Gasteiger charge is -2.43. The molecule has 0 aromatic rings. The van der Waals surface area contributed by atoms with Crippen molar-refractivity contribution in [1.82, 2.24) is 0 Å². The maximum Gasteiger partial charge on any atom is 0.0887 e. The molecule has 0 spiro atoms. The van der Waals surface area contributed by atoms with Crippen LogP contribution < -0.4 is 17.0 Å². The van der Waals surface area contributed by atoms with Crippen LogP contribution in [-0.2, 0) is 0 Å². The van der Waals surface area contributed by atoms with Crippen LogP contribution in [-0.4, -0.2) is 30.2 Å². The van der Waals surface area contributed by atoms with Gasteiger partial charge in [0.05, 0.1) is 25.7 Å². The molecule has 2 heteroatoms. The highest BCUT2D eigenvalue weighted by atomic mass is 79.9. The summed E-state index contributed by atoms with van der Waals surface area (Å²) in [4.78, 5) is 0. The van der Waals surface area contributed by atoms with Gasteiger partial charge in [-0.1, -0.05) is 65.2 Å². The van der Waals surface area contributed by atoms with E-state index in [1.165, 1.54) is 94.7 Å². The van der Waals surface area contributed by atoms with Crippen molar-refractivity contribution in [2.45, 2.75) is 111 Å². The highest BCUT2D eigenvalue weighted by molar-refractivity contribution is 4.59. The highest BCUT2D eigenvalue weighted by Gasteiger charge is 2.30. The first-order valence-corrected chi connectivity index (χ1v) is 10.1.